The van der Waals surface area contributed by atoms with E-state index in [2.05, 4.69) is 30.4 Å². The highest BCUT2D eigenvalue weighted by Gasteiger charge is 2.25. The molecule has 2 aliphatic heterocycles. The first-order valence-corrected chi connectivity index (χ1v) is 11.1. The van der Waals surface area contributed by atoms with Gasteiger partial charge < -0.3 is 15.5 Å². The number of hydrogen-bond donors (Lipinski definition) is 2. The number of piperazine rings is 1. The van der Waals surface area contributed by atoms with Crippen molar-refractivity contribution in [1.29, 1.82) is 0 Å². The van der Waals surface area contributed by atoms with Crippen LogP contribution in [0.3, 0.4) is 0 Å². The molecule has 0 unspecified atom stereocenters. The molecular formula is C22H25ClFN7. The van der Waals surface area contributed by atoms with Crippen LogP contribution in [0.2, 0.25) is 5.02 Å². The van der Waals surface area contributed by atoms with E-state index in [-0.39, 0.29) is 5.02 Å². The zero-order valence-corrected chi connectivity index (χ0v) is 17.9. The van der Waals surface area contributed by atoms with Crippen LogP contribution in [0, 0.1) is 5.82 Å². The predicted molar refractivity (Wildman–Crippen MR) is 122 cm³/mol. The van der Waals surface area contributed by atoms with E-state index >= 15 is 0 Å². The molecule has 2 aromatic heterocycles. The molecule has 2 saturated heterocycles. The summed E-state index contributed by atoms with van der Waals surface area (Å²) >= 11 is 5.89. The molecule has 31 heavy (non-hydrogen) atoms. The number of rotatable bonds is 4. The van der Waals surface area contributed by atoms with Gasteiger partial charge in [-0.15, -0.1) is 0 Å². The van der Waals surface area contributed by atoms with Crippen molar-refractivity contribution in [2.75, 3.05) is 49.5 Å². The normalized spacial score (nSPS) is 18.5. The topological polar surface area (TPSA) is 69.2 Å². The van der Waals surface area contributed by atoms with Crippen molar-refractivity contribution in [2.45, 2.75) is 18.9 Å². The highest BCUT2D eigenvalue weighted by molar-refractivity contribution is 6.31. The molecule has 2 aliphatic rings. The summed E-state index contributed by atoms with van der Waals surface area (Å²) in [5.74, 6) is 1.10. The van der Waals surface area contributed by atoms with E-state index in [1.54, 1.807) is 6.07 Å². The monoisotopic (exact) mass is 441 g/mol. The number of hydrogen-bond acceptors (Lipinski definition) is 7. The Balaban J connectivity index is 1.31. The van der Waals surface area contributed by atoms with Crippen molar-refractivity contribution >= 4 is 40.0 Å². The molecule has 2 N–H and O–H groups in total. The molecule has 0 amide bonds. The summed E-state index contributed by atoms with van der Waals surface area (Å²) < 4.78 is 13.4. The second-order valence-corrected chi connectivity index (χ2v) is 8.43. The first-order valence-electron chi connectivity index (χ1n) is 10.7. The minimum atomic E-state index is -0.452. The van der Waals surface area contributed by atoms with Crippen molar-refractivity contribution < 1.29 is 4.39 Å². The number of fused-ring (bicyclic) bond motifs is 1. The Morgan fingerprint density at radius 3 is 2.61 bits per heavy atom. The number of piperidine rings is 1. The molecule has 162 valence electrons. The number of nitrogens with one attached hydrogen (secondary N) is 2. The number of benzene rings is 1. The van der Waals surface area contributed by atoms with Crippen LogP contribution in [0.15, 0.2) is 36.7 Å². The van der Waals surface area contributed by atoms with Gasteiger partial charge in [0.15, 0.2) is 5.65 Å². The van der Waals surface area contributed by atoms with Gasteiger partial charge in [-0.25, -0.2) is 19.3 Å². The lowest BCUT2D eigenvalue weighted by Gasteiger charge is -2.41. The summed E-state index contributed by atoms with van der Waals surface area (Å²) in [4.78, 5) is 18.4. The van der Waals surface area contributed by atoms with Gasteiger partial charge in [-0.05, 0) is 56.3 Å². The second kappa shape index (κ2) is 8.90. The third-order valence-corrected chi connectivity index (χ3v) is 6.42. The molecule has 0 bridgehead atoms. The minimum absolute atomic E-state index is 0.0624. The summed E-state index contributed by atoms with van der Waals surface area (Å²) in [7, 11) is 0. The van der Waals surface area contributed by atoms with Crippen LogP contribution in [0.25, 0.3) is 11.0 Å². The fourth-order valence-corrected chi connectivity index (χ4v) is 4.59. The molecule has 9 heteroatoms. The lowest BCUT2D eigenvalue weighted by Crippen LogP contribution is -2.53. The first kappa shape index (κ1) is 20.4. The van der Waals surface area contributed by atoms with Crippen molar-refractivity contribution in [2.24, 2.45) is 0 Å². The number of halogens is 2. The minimum Gasteiger partial charge on any atom is -0.354 e. The van der Waals surface area contributed by atoms with Crippen LogP contribution in [0.4, 0.5) is 21.7 Å². The van der Waals surface area contributed by atoms with Gasteiger partial charge in [0.2, 0.25) is 0 Å². The lowest BCUT2D eigenvalue weighted by atomic mass is 10.0. The summed E-state index contributed by atoms with van der Waals surface area (Å²) in [5, 5.41) is 7.50. The molecule has 0 radical (unpaired) electrons. The van der Waals surface area contributed by atoms with Gasteiger partial charge in [0.1, 0.15) is 23.8 Å². The first-order chi connectivity index (χ1) is 15.2. The van der Waals surface area contributed by atoms with E-state index in [1.807, 2.05) is 12.1 Å². The van der Waals surface area contributed by atoms with Gasteiger partial charge in [0, 0.05) is 37.9 Å². The average molecular weight is 442 g/mol. The highest BCUT2D eigenvalue weighted by Crippen LogP contribution is 2.27. The van der Waals surface area contributed by atoms with Crippen LogP contribution in [0.1, 0.15) is 12.8 Å². The smallest absolute Gasteiger partial charge is 0.166 e. The highest BCUT2D eigenvalue weighted by atomic mass is 35.5. The fourth-order valence-electron chi connectivity index (χ4n) is 4.41. The molecule has 4 heterocycles. The molecule has 0 atom stereocenters. The molecule has 7 nitrogen and oxygen atoms in total. The van der Waals surface area contributed by atoms with Gasteiger partial charge in [-0.1, -0.05) is 11.6 Å². The van der Waals surface area contributed by atoms with E-state index in [1.165, 1.54) is 31.3 Å². The van der Waals surface area contributed by atoms with Crippen molar-refractivity contribution in [3.8, 4) is 0 Å². The molecule has 3 aromatic rings. The molecule has 1 aromatic carbocycles. The number of pyridine rings is 1. The van der Waals surface area contributed by atoms with Crippen LogP contribution >= 0.6 is 11.6 Å². The van der Waals surface area contributed by atoms with Gasteiger partial charge in [0.25, 0.3) is 0 Å². The summed E-state index contributed by atoms with van der Waals surface area (Å²) in [6.45, 7) is 6.30. The maximum atomic E-state index is 13.4. The third-order valence-electron chi connectivity index (χ3n) is 6.13. The van der Waals surface area contributed by atoms with E-state index in [0.717, 1.165) is 50.5 Å². The number of nitrogens with zero attached hydrogens (tertiary/aromatic N) is 5. The molecule has 5 rings (SSSR count). The molecule has 0 aliphatic carbocycles. The Morgan fingerprint density at radius 2 is 1.84 bits per heavy atom. The standard InChI is InChI=1S/C22H25ClFN7/c23-18-13-15(1-3-19(18)24)28-21-17-2-4-20(29-22(17)27-14-26-21)31-11-9-30(10-12-31)16-5-7-25-8-6-16/h1-4,13-14,16,25H,5-12H2,(H,26,27,28,29). The molecule has 0 spiro atoms. The zero-order chi connectivity index (χ0) is 21.2. The average Bonchev–Trinajstić information content (AvgIpc) is 2.82. The van der Waals surface area contributed by atoms with Crippen LogP contribution in [-0.2, 0) is 0 Å². The Labute approximate surface area is 185 Å². The van der Waals surface area contributed by atoms with Gasteiger partial charge >= 0.3 is 0 Å². The van der Waals surface area contributed by atoms with Gasteiger partial charge in [-0.2, -0.15) is 0 Å². The van der Waals surface area contributed by atoms with E-state index in [0.29, 0.717) is 23.2 Å². The van der Waals surface area contributed by atoms with E-state index < -0.39 is 5.82 Å². The van der Waals surface area contributed by atoms with Gasteiger partial charge in [0.05, 0.1) is 10.4 Å². The molecule has 2 fully saturated rings. The third kappa shape index (κ3) is 4.42. The number of aromatic nitrogens is 3. The number of anilines is 3. The SMILES string of the molecule is Fc1ccc(Nc2ncnc3nc(N4CCN(C5CCNCC5)CC4)ccc23)cc1Cl. The van der Waals surface area contributed by atoms with E-state index in [9.17, 15) is 4.39 Å². The zero-order valence-electron chi connectivity index (χ0n) is 17.2. The van der Waals surface area contributed by atoms with Crippen LogP contribution in [-0.4, -0.2) is 65.2 Å². The quantitative estimate of drug-likeness (QED) is 0.642. The Kier molecular flexibility index (Phi) is 5.85. The Morgan fingerprint density at radius 1 is 1.03 bits per heavy atom. The molecule has 0 saturated carbocycles. The van der Waals surface area contributed by atoms with Gasteiger partial charge in [-0.3, -0.25) is 4.90 Å². The second-order valence-electron chi connectivity index (χ2n) is 8.02. The maximum Gasteiger partial charge on any atom is 0.166 e. The van der Waals surface area contributed by atoms with Crippen molar-refractivity contribution in [1.82, 2.24) is 25.2 Å². The summed E-state index contributed by atoms with van der Waals surface area (Å²) in [5.41, 5.74) is 1.29. The Bertz CT molecular complexity index is 1060. The fraction of sp³-hybridized carbons (Fsp3) is 0.409. The van der Waals surface area contributed by atoms with Crippen molar-refractivity contribution in [3.63, 3.8) is 0 Å². The largest absolute Gasteiger partial charge is 0.354 e. The van der Waals surface area contributed by atoms with Crippen LogP contribution < -0.4 is 15.5 Å². The summed E-state index contributed by atoms with van der Waals surface area (Å²) in [6, 6.07) is 9.20. The predicted octanol–water partition coefficient (Wildman–Crippen LogP) is 3.43. The van der Waals surface area contributed by atoms with E-state index in [4.69, 9.17) is 16.6 Å². The van der Waals surface area contributed by atoms with Crippen molar-refractivity contribution in [3.05, 3.63) is 47.5 Å². The van der Waals surface area contributed by atoms with Crippen LogP contribution in [0.5, 0.6) is 0 Å². The maximum absolute atomic E-state index is 13.4. The lowest BCUT2D eigenvalue weighted by molar-refractivity contribution is 0.153. The Hall–Kier alpha value is -2.55. The summed E-state index contributed by atoms with van der Waals surface area (Å²) in [6.07, 6.45) is 3.96. The molecular weight excluding hydrogens is 417 g/mol.